The maximum absolute atomic E-state index is 13.0. The van der Waals surface area contributed by atoms with E-state index in [0.717, 1.165) is 17.2 Å². The molecule has 0 aliphatic rings. The molecular weight excluding hydrogens is 253 g/mol. The highest BCUT2D eigenvalue weighted by Crippen LogP contribution is 2.20. The first kappa shape index (κ1) is 13.0. The molecule has 0 N–H and O–H groups in total. The fourth-order valence-electron chi connectivity index (χ4n) is 1.67. The molecule has 0 aliphatic carbocycles. The number of hydrogen-bond acceptors (Lipinski definition) is 2. The lowest BCUT2D eigenvalue weighted by Gasteiger charge is -2.03. The van der Waals surface area contributed by atoms with Crippen LogP contribution in [0.1, 0.15) is 37.0 Å². The molecule has 2 aromatic rings. The van der Waals surface area contributed by atoms with E-state index in [1.165, 1.54) is 12.1 Å². The van der Waals surface area contributed by atoms with E-state index in [9.17, 15) is 4.39 Å². The third kappa shape index (κ3) is 2.70. The fourth-order valence-corrected chi connectivity index (χ4v) is 1.91. The van der Waals surface area contributed by atoms with Crippen molar-refractivity contribution in [3.8, 4) is 0 Å². The summed E-state index contributed by atoms with van der Waals surface area (Å²) in [5.41, 5.74) is 0.851. The molecule has 2 rings (SSSR count). The average Bonchev–Trinajstić information content (AvgIpc) is 2.64. The Morgan fingerprint density at radius 3 is 2.67 bits per heavy atom. The Hall–Kier alpha value is -1.42. The summed E-state index contributed by atoms with van der Waals surface area (Å²) in [5.74, 6) is 1.59. The van der Waals surface area contributed by atoms with Gasteiger partial charge in [0.15, 0.2) is 5.82 Å². The number of aromatic nitrogens is 3. The number of benzene rings is 1. The Balaban J connectivity index is 2.28. The maximum Gasteiger partial charge on any atom is 0.153 e. The SMILES string of the molecule is CC(C)c1nc(Cc2ccc(F)cc2Cl)n(C)n1. The summed E-state index contributed by atoms with van der Waals surface area (Å²) in [4.78, 5) is 4.47. The van der Waals surface area contributed by atoms with Crippen LogP contribution in [-0.2, 0) is 13.5 Å². The van der Waals surface area contributed by atoms with Crippen molar-refractivity contribution in [1.82, 2.24) is 14.8 Å². The number of rotatable bonds is 3. The van der Waals surface area contributed by atoms with Gasteiger partial charge in [0, 0.05) is 24.4 Å². The van der Waals surface area contributed by atoms with Crippen molar-refractivity contribution in [3.05, 3.63) is 46.3 Å². The molecule has 1 aromatic heterocycles. The molecule has 0 spiro atoms. The predicted molar refractivity (Wildman–Crippen MR) is 69.3 cm³/mol. The van der Waals surface area contributed by atoms with Gasteiger partial charge in [-0.3, -0.25) is 4.68 Å². The van der Waals surface area contributed by atoms with Crippen LogP contribution in [0.4, 0.5) is 4.39 Å². The first-order valence-corrected chi connectivity index (χ1v) is 6.19. The third-order valence-corrected chi connectivity index (χ3v) is 3.10. The Bertz CT molecular complexity index is 563. The minimum Gasteiger partial charge on any atom is -0.253 e. The molecule has 0 saturated heterocycles. The Kier molecular flexibility index (Phi) is 3.66. The van der Waals surface area contributed by atoms with E-state index in [1.54, 1.807) is 10.7 Å². The highest BCUT2D eigenvalue weighted by molar-refractivity contribution is 6.31. The van der Waals surface area contributed by atoms with Crippen LogP contribution in [0.15, 0.2) is 18.2 Å². The molecule has 0 bridgehead atoms. The molecule has 0 unspecified atom stereocenters. The molecule has 5 heteroatoms. The van der Waals surface area contributed by atoms with Gasteiger partial charge in [0.1, 0.15) is 11.6 Å². The van der Waals surface area contributed by atoms with E-state index in [-0.39, 0.29) is 11.7 Å². The van der Waals surface area contributed by atoms with E-state index < -0.39 is 0 Å². The zero-order chi connectivity index (χ0) is 13.3. The molecule has 0 fully saturated rings. The van der Waals surface area contributed by atoms with Crippen molar-refractivity contribution < 1.29 is 4.39 Å². The molecule has 0 atom stereocenters. The summed E-state index contributed by atoms with van der Waals surface area (Å²) in [6.45, 7) is 4.09. The highest BCUT2D eigenvalue weighted by atomic mass is 35.5. The van der Waals surface area contributed by atoms with Crippen molar-refractivity contribution in [2.75, 3.05) is 0 Å². The van der Waals surface area contributed by atoms with E-state index >= 15 is 0 Å². The molecular formula is C13H15ClFN3. The van der Waals surface area contributed by atoms with Crippen LogP contribution >= 0.6 is 11.6 Å². The van der Waals surface area contributed by atoms with Crippen LogP contribution in [0.3, 0.4) is 0 Å². The number of halogens is 2. The molecule has 1 heterocycles. The van der Waals surface area contributed by atoms with E-state index in [0.29, 0.717) is 11.4 Å². The monoisotopic (exact) mass is 267 g/mol. The minimum atomic E-state index is -0.329. The largest absolute Gasteiger partial charge is 0.253 e. The van der Waals surface area contributed by atoms with Gasteiger partial charge >= 0.3 is 0 Å². The Morgan fingerprint density at radius 2 is 2.11 bits per heavy atom. The maximum atomic E-state index is 13.0. The van der Waals surface area contributed by atoms with Crippen LogP contribution in [-0.4, -0.2) is 14.8 Å². The number of aryl methyl sites for hydroxylation is 1. The average molecular weight is 268 g/mol. The minimum absolute atomic E-state index is 0.286. The topological polar surface area (TPSA) is 30.7 Å². The van der Waals surface area contributed by atoms with Crippen LogP contribution in [0.25, 0.3) is 0 Å². The lowest BCUT2D eigenvalue weighted by atomic mass is 10.1. The van der Waals surface area contributed by atoms with E-state index in [1.807, 2.05) is 20.9 Å². The smallest absolute Gasteiger partial charge is 0.153 e. The lowest BCUT2D eigenvalue weighted by Crippen LogP contribution is -2.01. The summed E-state index contributed by atoms with van der Waals surface area (Å²) < 4.78 is 14.7. The van der Waals surface area contributed by atoms with Crippen molar-refractivity contribution in [3.63, 3.8) is 0 Å². The molecule has 0 radical (unpaired) electrons. The van der Waals surface area contributed by atoms with Gasteiger partial charge in [-0.25, -0.2) is 9.37 Å². The molecule has 0 aliphatic heterocycles. The summed E-state index contributed by atoms with van der Waals surface area (Å²) in [6, 6.07) is 4.40. The van der Waals surface area contributed by atoms with Crippen molar-refractivity contribution in [1.29, 1.82) is 0 Å². The van der Waals surface area contributed by atoms with Crippen LogP contribution in [0, 0.1) is 5.82 Å². The second-order valence-corrected chi connectivity index (χ2v) is 4.98. The fraction of sp³-hybridized carbons (Fsp3) is 0.385. The lowest BCUT2D eigenvalue weighted by molar-refractivity contribution is 0.627. The second kappa shape index (κ2) is 5.06. The molecule has 0 saturated carbocycles. The standard InChI is InChI=1S/C13H15ClFN3/c1-8(2)13-16-12(18(3)17-13)6-9-4-5-10(15)7-11(9)14/h4-5,7-8H,6H2,1-3H3. The summed E-state index contributed by atoms with van der Waals surface area (Å²) in [5, 5.41) is 4.76. The normalized spacial score (nSPS) is 11.2. The van der Waals surface area contributed by atoms with E-state index in [2.05, 4.69) is 10.1 Å². The van der Waals surface area contributed by atoms with Crippen LogP contribution in [0.2, 0.25) is 5.02 Å². The van der Waals surface area contributed by atoms with Gasteiger partial charge in [0.2, 0.25) is 0 Å². The van der Waals surface area contributed by atoms with Gasteiger partial charge in [0.05, 0.1) is 0 Å². The highest BCUT2D eigenvalue weighted by Gasteiger charge is 2.12. The predicted octanol–water partition coefficient (Wildman–Crippen LogP) is 3.32. The van der Waals surface area contributed by atoms with Gasteiger partial charge in [-0.2, -0.15) is 5.10 Å². The summed E-state index contributed by atoms with van der Waals surface area (Å²) in [7, 11) is 1.85. The van der Waals surface area contributed by atoms with Gasteiger partial charge in [-0.05, 0) is 17.7 Å². The summed E-state index contributed by atoms with van der Waals surface area (Å²) >= 11 is 6.00. The second-order valence-electron chi connectivity index (χ2n) is 4.58. The van der Waals surface area contributed by atoms with E-state index in [4.69, 9.17) is 11.6 Å². The molecule has 18 heavy (non-hydrogen) atoms. The summed E-state index contributed by atoms with van der Waals surface area (Å²) in [6.07, 6.45) is 0.551. The Morgan fingerprint density at radius 1 is 1.39 bits per heavy atom. The first-order chi connectivity index (χ1) is 8.47. The number of nitrogens with zero attached hydrogens (tertiary/aromatic N) is 3. The molecule has 1 aromatic carbocycles. The molecule has 3 nitrogen and oxygen atoms in total. The molecule has 96 valence electrons. The zero-order valence-electron chi connectivity index (χ0n) is 10.6. The van der Waals surface area contributed by atoms with Gasteiger partial charge in [-0.1, -0.05) is 31.5 Å². The van der Waals surface area contributed by atoms with Crippen molar-refractivity contribution in [2.24, 2.45) is 7.05 Å². The van der Waals surface area contributed by atoms with Gasteiger partial charge < -0.3 is 0 Å². The molecule has 0 amide bonds. The quantitative estimate of drug-likeness (QED) is 0.854. The van der Waals surface area contributed by atoms with Crippen LogP contribution < -0.4 is 0 Å². The third-order valence-electron chi connectivity index (χ3n) is 2.75. The van der Waals surface area contributed by atoms with Gasteiger partial charge in [-0.15, -0.1) is 0 Å². The zero-order valence-corrected chi connectivity index (χ0v) is 11.4. The van der Waals surface area contributed by atoms with Crippen LogP contribution in [0.5, 0.6) is 0 Å². The van der Waals surface area contributed by atoms with Crippen molar-refractivity contribution >= 4 is 11.6 Å². The van der Waals surface area contributed by atoms with Gasteiger partial charge in [0.25, 0.3) is 0 Å². The van der Waals surface area contributed by atoms with Crippen molar-refractivity contribution in [2.45, 2.75) is 26.2 Å². The number of hydrogen-bond donors (Lipinski definition) is 0. The Labute approximate surface area is 111 Å². The first-order valence-electron chi connectivity index (χ1n) is 5.81.